The number of amides is 3. The van der Waals surface area contributed by atoms with Gasteiger partial charge in [-0.2, -0.15) is 0 Å². The van der Waals surface area contributed by atoms with E-state index in [-0.39, 0.29) is 30.3 Å². The number of nitrogens with zero attached hydrogens (tertiary/aromatic N) is 2. The highest BCUT2D eigenvalue weighted by molar-refractivity contribution is 5.89. The maximum atomic E-state index is 13.4. The van der Waals surface area contributed by atoms with Crippen LogP contribution in [0.2, 0.25) is 0 Å². The number of likely N-dealkylation sites (tertiary alicyclic amines) is 1. The van der Waals surface area contributed by atoms with Gasteiger partial charge in [-0.1, -0.05) is 19.9 Å². The molecule has 3 amide bonds. The molecule has 2 heterocycles. The molecule has 0 aliphatic carbocycles. The number of anilines is 1. The maximum Gasteiger partial charge on any atom is 0.321 e. The number of nitrogens with one attached hydrogen (secondary N) is 1. The van der Waals surface area contributed by atoms with Crippen LogP contribution in [-0.2, 0) is 14.3 Å². The Labute approximate surface area is 215 Å². The van der Waals surface area contributed by atoms with E-state index >= 15 is 0 Å². The largest absolute Gasteiger partial charge is 0.497 e. The van der Waals surface area contributed by atoms with Crippen molar-refractivity contribution in [3.05, 3.63) is 24.3 Å². The molecule has 1 aromatic carbocycles. The average Bonchev–Trinajstić information content (AvgIpc) is 2.86. The molecular weight excluding hydrogens is 462 g/mol. The third kappa shape index (κ3) is 7.82. The minimum Gasteiger partial charge on any atom is -0.497 e. The van der Waals surface area contributed by atoms with Crippen molar-refractivity contribution >= 4 is 17.6 Å². The van der Waals surface area contributed by atoms with E-state index in [9.17, 15) is 14.7 Å². The molecule has 0 aromatic heterocycles. The van der Waals surface area contributed by atoms with E-state index in [1.807, 2.05) is 36.9 Å². The van der Waals surface area contributed by atoms with Crippen molar-refractivity contribution in [2.24, 2.45) is 17.3 Å². The Hall–Kier alpha value is -2.36. The zero-order chi connectivity index (χ0) is 26.1. The van der Waals surface area contributed by atoms with Gasteiger partial charge in [0, 0.05) is 63.5 Å². The predicted octanol–water partition coefficient (Wildman–Crippen LogP) is 3.23. The van der Waals surface area contributed by atoms with E-state index < -0.39 is 11.5 Å². The SMILES string of the molecule is COCCN1C[C@H](O)C(C)(C)COCCC[C@H]2CN(C(=O)Nc3cccc(OC)c3)CC[C@H]2CC1=O. The molecular formula is C27H43N3O6. The Morgan fingerprint density at radius 2 is 2.03 bits per heavy atom. The minimum atomic E-state index is -0.697. The van der Waals surface area contributed by atoms with Gasteiger partial charge in [0.2, 0.25) is 5.91 Å². The molecule has 2 aliphatic heterocycles. The number of benzene rings is 1. The van der Waals surface area contributed by atoms with Crippen molar-refractivity contribution in [1.82, 2.24) is 9.80 Å². The van der Waals surface area contributed by atoms with Crippen molar-refractivity contribution in [2.45, 2.75) is 45.6 Å². The van der Waals surface area contributed by atoms with Gasteiger partial charge in [-0.05, 0) is 43.2 Å². The molecule has 0 radical (unpaired) electrons. The number of methoxy groups -OCH3 is 2. The van der Waals surface area contributed by atoms with Crippen molar-refractivity contribution in [2.75, 3.05) is 65.5 Å². The predicted molar refractivity (Wildman–Crippen MR) is 138 cm³/mol. The molecule has 0 spiro atoms. The van der Waals surface area contributed by atoms with Crippen molar-refractivity contribution < 1.29 is 28.9 Å². The number of urea groups is 1. The fourth-order valence-corrected chi connectivity index (χ4v) is 4.97. The number of β-amino-alcohol motifs (C(OH)–C–C–N with tert-alkyl or cyclic N) is 1. The van der Waals surface area contributed by atoms with Gasteiger partial charge in [-0.25, -0.2) is 4.79 Å². The van der Waals surface area contributed by atoms with Crippen LogP contribution in [0.5, 0.6) is 5.75 Å². The summed E-state index contributed by atoms with van der Waals surface area (Å²) in [6.45, 7) is 7.25. The molecule has 3 atom stereocenters. The standard InChI is InChI=1S/C27H43N3O6/c1-27(2)19-36-13-6-7-21-17-30(26(33)28-22-8-5-9-23(16-22)35-4)11-10-20(21)15-25(32)29(12-14-34-3)18-24(27)31/h5,8-9,16,20-21,24,31H,6-7,10-15,17-19H2,1-4H3,(H,28,33)/t20-,21-,24-/m0/s1. The molecule has 2 N–H and O–H groups in total. The molecule has 1 aromatic rings. The number of carbonyl (C=O) groups is 2. The fourth-order valence-electron chi connectivity index (χ4n) is 4.97. The van der Waals surface area contributed by atoms with Gasteiger partial charge in [-0.3, -0.25) is 4.79 Å². The van der Waals surface area contributed by atoms with Crippen LogP contribution in [0.15, 0.2) is 24.3 Å². The lowest BCUT2D eigenvalue weighted by atomic mass is 9.80. The number of piperidine rings is 1. The summed E-state index contributed by atoms with van der Waals surface area (Å²) in [6, 6.07) is 7.17. The number of hydrogen-bond donors (Lipinski definition) is 2. The van der Waals surface area contributed by atoms with Crippen LogP contribution < -0.4 is 10.1 Å². The molecule has 0 bridgehead atoms. The first-order chi connectivity index (χ1) is 17.2. The van der Waals surface area contributed by atoms with E-state index in [2.05, 4.69) is 5.32 Å². The van der Waals surface area contributed by atoms with Gasteiger partial charge in [0.05, 0.1) is 26.4 Å². The van der Waals surface area contributed by atoms with Gasteiger partial charge in [-0.15, -0.1) is 0 Å². The summed E-state index contributed by atoms with van der Waals surface area (Å²) in [7, 11) is 3.21. The Bertz CT molecular complexity index is 864. The number of rotatable bonds is 5. The summed E-state index contributed by atoms with van der Waals surface area (Å²) >= 11 is 0. The summed E-state index contributed by atoms with van der Waals surface area (Å²) in [4.78, 5) is 30.0. The summed E-state index contributed by atoms with van der Waals surface area (Å²) in [5, 5.41) is 13.9. The molecule has 36 heavy (non-hydrogen) atoms. The summed E-state index contributed by atoms with van der Waals surface area (Å²) < 4.78 is 16.4. The molecule has 2 aliphatic rings. The van der Waals surface area contributed by atoms with Crippen LogP contribution in [0, 0.1) is 17.3 Å². The summed E-state index contributed by atoms with van der Waals surface area (Å²) in [5.41, 5.74) is 0.219. The highest BCUT2D eigenvalue weighted by Gasteiger charge is 2.36. The number of carbonyl (C=O) groups excluding carboxylic acids is 2. The Morgan fingerprint density at radius 1 is 1.22 bits per heavy atom. The van der Waals surface area contributed by atoms with Crippen LogP contribution in [0.3, 0.4) is 0 Å². The van der Waals surface area contributed by atoms with Gasteiger partial charge in [0.15, 0.2) is 0 Å². The first-order valence-corrected chi connectivity index (χ1v) is 13.0. The number of aliphatic hydroxyl groups excluding tert-OH is 1. The fraction of sp³-hybridized carbons (Fsp3) is 0.704. The zero-order valence-electron chi connectivity index (χ0n) is 22.2. The monoisotopic (exact) mass is 505 g/mol. The third-order valence-electron chi connectivity index (χ3n) is 7.49. The van der Waals surface area contributed by atoms with Gasteiger partial charge in [0.1, 0.15) is 5.75 Å². The first kappa shape index (κ1) is 28.2. The highest BCUT2D eigenvalue weighted by atomic mass is 16.5. The second-order valence-electron chi connectivity index (χ2n) is 10.7. The number of hydrogen-bond acceptors (Lipinski definition) is 6. The van der Waals surface area contributed by atoms with Crippen LogP contribution in [0.4, 0.5) is 10.5 Å². The van der Waals surface area contributed by atoms with Crippen LogP contribution in [0.1, 0.15) is 39.5 Å². The van der Waals surface area contributed by atoms with Crippen molar-refractivity contribution in [1.29, 1.82) is 0 Å². The molecule has 202 valence electrons. The summed E-state index contributed by atoms with van der Waals surface area (Å²) in [5.74, 6) is 1.09. The maximum absolute atomic E-state index is 13.4. The van der Waals surface area contributed by atoms with E-state index in [1.165, 1.54) is 0 Å². The topological polar surface area (TPSA) is 101 Å². The molecule has 0 unspecified atom stereocenters. The van der Waals surface area contributed by atoms with Crippen molar-refractivity contribution in [3.63, 3.8) is 0 Å². The van der Waals surface area contributed by atoms with Gasteiger partial charge in [0.25, 0.3) is 0 Å². The average molecular weight is 506 g/mol. The Morgan fingerprint density at radius 3 is 2.78 bits per heavy atom. The lowest BCUT2D eigenvalue weighted by molar-refractivity contribution is -0.137. The van der Waals surface area contributed by atoms with Crippen LogP contribution in [0.25, 0.3) is 0 Å². The van der Waals surface area contributed by atoms with E-state index in [4.69, 9.17) is 14.2 Å². The van der Waals surface area contributed by atoms with E-state index in [0.717, 1.165) is 19.3 Å². The summed E-state index contributed by atoms with van der Waals surface area (Å²) in [6.07, 6.45) is 2.20. The third-order valence-corrected chi connectivity index (χ3v) is 7.49. The van der Waals surface area contributed by atoms with Gasteiger partial charge >= 0.3 is 6.03 Å². The van der Waals surface area contributed by atoms with Gasteiger partial charge < -0.3 is 34.4 Å². The van der Waals surface area contributed by atoms with E-state index in [1.54, 1.807) is 25.2 Å². The normalized spacial score (nSPS) is 25.7. The highest BCUT2D eigenvalue weighted by Crippen LogP contribution is 2.32. The smallest absolute Gasteiger partial charge is 0.321 e. The molecule has 2 fully saturated rings. The lowest BCUT2D eigenvalue weighted by Crippen LogP contribution is -2.48. The molecule has 2 saturated heterocycles. The molecule has 3 rings (SSSR count). The van der Waals surface area contributed by atoms with Crippen LogP contribution in [-0.4, -0.2) is 93.2 Å². The zero-order valence-corrected chi connectivity index (χ0v) is 22.2. The second-order valence-corrected chi connectivity index (χ2v) is 10.7. The molecule has 0 saturated carbocycles. The molecule has 9 nitrogen and oxygen atoms in total. The number of fused-ring (bicyclic) bond motifs is 1. The van der Waals surface area contributed by atoms with E-state index in [0.29, 0.717) is 57.3 Å². The first-order valence-electron chi connectivity index (χ1n) is 13.0. The van der Waals surface area contributed by atoms with Crippen LogP contribution >= 0.6 is 0 Å². The number of aliphatic hydroxyl groups is 1. The molecule has 9 heteroatoms. The Kier molecular flexibility index (Phi) is 10.4. The number of ether oxygens (including phenoxy) is 3. The Balaban J connectivity index is 1.70. The second kappa shape index (κ2) is 13.3. The quantitative estimate of drug-likeness (QED) is 0.637. The lowest BCUT2D eigenvalue weighted by Gasteiger charge is -2.39. The van der Waals surface area contributed by atoms with Crippen molar-refractivity contribution in [3.8, 4) is 5.75 Å². The minimum absolute atomic E-state index is 0.0337.